The number of anilines is 1. The van der Waals surface area contributed by atoms with Crippen LogP contribution in [0.5, 0.6) is 0 Å². The largest absolute Gasteiger partial charge is 0.459 e. The monoisotopic (exact) mass is 453 g/mol. The van der Waals surface area contributed by atoms with Crippen molar-refractivity contribution in [1.29, 1.82) is 0 Å². The molecular formula is C22H19N3O8. The number of non-ortho nitro benzene ring substituents is 1. The molecule has 1 heterocycles. The zero-order chi connectivity index (χ0) is 24.1. The summed E-state index contributed by atoms with van der Waals surface area (Å²) in [5.74, 6) is -1.74. The number of nitrogens with one attached hydrogen (secondary N) is 2. The lowest BCUT2D eigenvalue weighted by Crippen LogP contribution is -2.39. The average Bonchev–Trinajstić information content (AvgIpc) is 2.76. The van der Waals surface area contributed by atoms with E-state index in [1.54, 1.807) is 12.1 Å². The first kappa shape index (κ1) is 23.1. The molecule has 0 radical (unpaired) electrons. The summed E-state index contributed by atoms with van der Waals surface area (Å²) >= 11 is 0. The Balaban J connectivity index is 1.69. The number of nitro groups is 1. The van der Waals surface area contributed by atoms with Gasteiger partial charge in [0.15, 0.2) is 0 Å². The van der Waals surface area contributed by atoms with E-state index in [-0.39, 0.29) is 29.3 Å². The Hall–Kier alpha value is -4.54. The fraction of sp³-hybridized carbons (Fsp3) is 0.182. The first-order valence-electron chi connectivity index (χ1n) is 9.70. The molecule has 0 aliphatic carbocycles. The van der Waals surface area contributed by atoms with Crippen molar-refractivity contribution in [2.45, 2.75) is 26.5 Å². The van der Waals surface area contributed by atoms with Gasteiger partial charge in [-0.2, -0.15) is 0 Å². The number of hydrogen-bond donors (Lipinski definition) is 2. The lowest BCUT2D eigenvalue weighted by Gasteiger charge is -2.14. The lowest BCUT2D eigenvalue weighted by molar-refractivity contribution is -0.384. The van der Waals surface area contributed by atoms with Crippen molar-refractivity contribution in [1.82, 2.24) is 5.32 Å². The third-order valence-electron chi connectivity index (χ3n) is 4.54. The fourth-order valence-electron chi connectivity index (χ4n) is 3.00. The number of ether oxygens (including phenoxy) is 1. The van der Waals surface area contributed by atoms with Crippen molar-refractivity contribution in [3.8, 4) is 0 Å². The van der Waals surface area contributed by atoms with Crippen LogP contribution < -0.4 is 16.3 Å². The molecule has 3 rings (SSSR count). The second-order valence-electron chi connectivity index (χ2n) is 7.09. The highest BCUT2D eigenvalue weighted by atomic mass is 16.6. The van der Waals surface area contributed by atoms with E-state index < -0.39 is 28.5 Å². The standard InChI is InChI=1S/C22H19N3O8/c1-12(23-21(28)14-4-3-5-17(8-14)25(30)31)22(29)32-11-15-9-20(27)33-19-10-16(24-13(2)26)6-7-18(15)19/h3-10,12H,11H2,1-2H3,(H,23,28)(H,24,26)/t12-/m0/s1. The Labute approximate surface area is 186 Å². The molecule has 0 saturated heterocycles. The van der Waals surface area contributed by atoms with Gasteiger partial charge in [0.2, 0.25) is 5.91 Å². The molecule has 170 valence electrons. The third kappa shape index (κ3) is 5.79. The molecule has 0 aliphatic rings. The maximum atomic E-state index is 12.4. The molecule has 1 aromatic heterocycles. The molecule has 1 atom stereocenters. The van der Waals surface area contributed by atoms with Crippen LogP contribution in [0.15, 0.2) is 57.7 Å². The summed E-state index contributed by atoms with van der Waals surface area (Å²) < 4.78 is 10.4. The van der Waals surface area contributed by atoms with Crippen LogP contribution in [0.3, 0.4) is 0 Å². The third-order valence-corrected chi connectivity index (χ3v) is 4.54. The molecule has 11 nitrogen and oxygen atoms in total. The number of fused-ring (bicyclic) bond motifs is 1. The Morgan fingerprint density at radius 2 is 1.91 bits per heavy atom. The van der Waals surface area contributed by atoms with E-state index in [4.69, 9.17) is 9.15 Å². The highest BCUT2D eigenvalue weighted by Crippen LogP contribution is 2.22. The number of carbonyl (C=O) groups excluding carboxylic acids is 3. The van der Waals surface area contributed by atoms with E-state index in [2.05, 4.69) is 10.6 Å². The molecule has 11 heteroatoms. The van der Waals surface area contributed by atoms with Gasteiger partial charge in [-0.05, 0) is 25.1 Å². The van der Waals surface area contributed by atoms with Gasteiger partial charge in [0.25, 0.3) is 11.6 Å². The van der Waals surface area contributed by atoms with Crippen LogP contribution in [-0.4, -0.2) is 28.7 Å². The predicted molar refractivity (Wildman–Crippen MR) is 117 cm³/mol. The Morgan fingerprint density at radius 3 is 2.61 bits per heavy atom. The van der Waals surface area contributed by atoms with Crippen molar-refractivity contribution in [3.05, 3.63) is 80.2 Å². The molecule has 2 N–H and O–H groups in total. The summed E-state index contributed by atoms with van der Waals surface area (Å²) in [6.45, 7) is 2.47. The number of esters is 1. The SMILES string of the molecule is CC(=O)Nc1ccc2c(COC(=O)[C@H](C)NC(=O)c3cccc([N+](=O)[O-])c3)cc(=O)oc2c1. The second-order valence-corrected chi connectivity index (χ2v) is 7.09. The van der Waals surface area contributed by atoms with Gasteiger partial charge < -0.3 is 19.8 Å². The van der Waals surface area contributed by atoms with Crippen molar-refractivity contribution in [3.63, 3.8) is 0 Å². The quantitative estimate of drug-likeness (QED) is 0.239. The Bertz CT molecular complexity index is 1310. The van der Waals surface area contributed by atoms with Gasteiger partial charge >= 0.3 is 11.6 Å². The van der Waals surface area contributed by atoms with E-state index in [0.29, 0.717) is 16.6 Å². The number of nitro benzene ring substituents is 1. The molecule has 0 fully saturated rings. The van der Waals surface area contributed by atoms with Crippen LogP contribution in [0.1, 0.15) is 29.8 Å². The normalized spacial score (nSPS) is 11.5. The number of benzene rings is 2. The van der Waals surface area contributed by atoms with Crippen molar-refractivity contribution >= 4 is 40.1 Å². The van der Waals surface area contributed by atoms with E-state index in [1.807, 2.05) is 0 Å². The molecule has 0 aliphatic heterocycles. The van der Waals surface area contributed by atoms with Crippen LogP contribution in [0.25, 0.3) is 11.0 Å². The topological polar surface area (TPSA) is 158 Å². The molecule has 0 spiro atoms. The van der Waals surface area contributed by atoms with Gasteiger partial charge in [0.05, 0.1) is 4.92 Å². The van der Waals surface area contributed by atoms with Gasteiger partial charge in [0.1, 0.15) is 18.2 Å². The van der Waals surface area contributed by atoms with Crippen LogP contribution in [0.4, 0.5) is 11.4 Å². The van der Waals surface area contributed by atoms with E-state index in [1.165, 1.54) is 44.2 Å². The minimum Gasteiger partial charge on any atom is -0.459 e. The summed E-state index contributed by atoms with van der Waals surface area (Å²) in [6.07, 6.45) is 0. The maximum absolute atomic E-state index is 12.4. The van der Waals surface area contributed by atoms with Crippen LogP contribution >= 0.6 is 0 Å². The van der Waals surface area contributed by atoms with Crippen molar-refractivity contribution in [2.24, 2.45) is 0 Å². The van der Waals surface area contributed by atoms with Crippen molar-refractivity contribution in [2.75, 3.05) is 5.32 Å². The van der Waals surface area contributed by atoms with E-state index >= 15 is 0 Å². The lowest BCUT2D eigenvalue weighted by atomic mass is 10.1. The zero-order valence-electron chi connectivity index (χ0n) is 17.6. The molecule has 33 heavy (non-hydrogen) atoms. The Kier molecular flexibility index (Phi) is 6.82. The smallest absolute Gasteiger partial charge is 0.336 e. The predicted octanol–water partition coefficient (Wildman–Crippen LogP) is 2.52. The van der Waals surface area contributed by atoms with Crippen LogP contribution in [0, 0.1) is 10.1 Å². The van der Waals surface area contributed by atoms with Crippen LogP contribution in [-0.2, 0) is 20.9 Å². The van der Waals surface area contributed by atoms with Gasteiger partial charge in [-0.3, -0.25) is 19.7 Å². The molecule has 2 amide bonds. The molecular weight excluding hydrogens is 434 g/mol. The average molecular weight is 453 g/mol. The van der Waals surface area contributed by atoms with Gasteiger partial charge in [0, 0.05) is 53.4 Å². The number of amides is 2. The number of carbonyl (C=O) groups is 3. The zero-order valence-corrected chi connectivity index (χ0v) is 17.6. The molecule has 2 aromatic carbocycles. The summed E-state index contributed by atoms with van der Waals surface area (Å²) in [4.78, 5) is 58.0. The summed E-state index contributed by atoms with van der Waals surface area (Å²) in [5, 5.41) is 16.4. The van der Waals surface area contributed by atoms with E-state index in [0.717, 1.165) is 6.07 Å². The highest BCUT2D eigenvalue weighted by molar-refractivity contribution is 5.97. The molecule has 0 unspecified atom stereocenters. The molecule has 0 bridgehead atoms. The fourth-order valence-corrected chi connectivity index (χ4v) is 3.00. The van der Waals surface area contributed by atoms with E-state index in [9.17, 15) is 29.3 Å². The number of rotatable bonds is 7. The summed E-state index contributed by atoms with van der Waals surface area (Å²) in [7, 11) is 0. The number of nitrogens with zero attached hydrogens (tertiary/aromatic N) is 1. The molecule has 3 aromatic rings. The number of hydrogen-bond acceptors (Lipinski definition) is 8. The summed E-state index contributed by atoms with van der Waals surface area (Å²) in [5.41, 5.74) is 0.109. The Morgan fingerprint density at radius 1 is 1.15 bits per heavy atom. The van der Waals surface area contributed by atoms with Gasteiger partial charge in [-0.1, -0.05) is 6.07 Å². The van der Waals surface area contributed by atoms with Crippen molar-refractivity contribution < 1.29 is 28.5 Å². The maximum Gasteiger partial charge on any atom is 0.336 e. The first-order valence-corrected chi connectivity index (χ1v) is 9.70. The highest BCUT2D eigenvalue weighted by Gasteiger charge is 2.20. The minimum absolute atomic E-state index is 0.0190. The first-order chi connectivity index (χ1) is 15.6. The second kappa shape index (κ2) is 9.73. The minimum atomic E-state index is -1.06. The van der Waals surface area contributed by atoms with Gasteiger partial charge in [-0.25, -0.2) is 9.59 Å². The molecule has 0 saturated carbocycles. The van der Waals surface area contributed by atoms with Crippen LogP contribution in [0.2, 0.25) is 0 Å². The van der Waals surface area contributed by atoms with Gasteiger partial charge in [-0.15, -0.1) is 0 Å². The summed E-state index contributed by atoms with van der Waals surface area (Å²) in [6, 6.07) is 9.90.